The van der Waals surface area contributed by atoms with Crippen molar-refractivity contribution in [3.63, 3.8) is 0 Å². The van der Waals surface area contributed by atoms with Crippen LogP contribution in [0.3, 0.4) is 0 Å². The van der Waals surface area contributed by atoms with Gasteiger partial charge < -0.3 is 5.11 Å². The number of aryl methyl sites for hydroxylation is 1. The summed E-state index contributed by atoms with van der Waals surface area (Å²) in [6, 6.07) is 16.5. The minimum atomic E-state index is -0.466. The van der Waals surface area contributed by atoms with Crippen molar-refractivity contribution in [1.82, 2.24) is 0 Å². The molecule has 0 fully saturated rings. The molecule has 3 rings (SSSR count). The van der Waals surface area contributed by atoms with E-state index in [9.17, 15) is 15.6 Å². The summed E-state index contributed by atoms with van der Waals surface area (Å²) < 4.78 is 0. The topological polar surface area (TPSA) is 67.8 Å². The van der Waals surface area contributed by atoms with Crippen molar-refractivity contribution in [1.29, 1.82) is 10.5 Å². The lowest BCUT2D eigenvalue weighted by Crippen LogP contribution is -1.93. The Labute approximate surface area is 142 Å². The van der Waals surface area contributed by atoms with Crippen molar-refractivity contribution in [2.24, 2.45) is 0 Å². The molecular formula is C20H17N2OP. The summed E-state index contributed by atoms with van der Waals surface area (Å²) >= 11 is 0. The molecule has 1 N–H and O–H groups in total. The van der Waals surface area contributed by atoms with Gasteiger partial charge in [0.2, 0.25) is 0 Å². The quantitative estimate of drug-likeness (QED) is 0.563. The van der Waals surface area contributed by atoms with Crippen LogP contribution in [-0.2, 0) is 6.16 Å². The number of benzene rings is 3. The maximum Gasteiger partial charge on any atom is 0.100 e. The van der Waals surface area contributed by atoms with Crippen molar-refractivity contribution in [3.05, 3.63) is 58.7 Å². The van der Waals surface area contributed by atoms with Gasteiger partial charge in [0, 0.05) is 21.5 Å². The Morgan fingerprint density at radius 2 is 1.50 bits per heavy atom. The minimum absolute atomic E-state index is 0.193. The largest absolute Gasteiger partial charge is 0.392 e. The van der Waals surface area contributed by atoms with Gasteiger partial charge in [0.1, 0.15) is 12.1 Å². The van der Waals surface area contributed by atoms with Gasteiger partial charge in [-0.15, -0.1) is 0 Å². The van der Waals surface area contributed by atoms with E-state index >= 15 is 0 Å². The van der Waals surface area contributed by atoms with E-state index in [1.165, 1.54) is 0 Å². The van der Waals surface area contributed by atoms with Crippen LogP contribution in [0, 0.1) is 29.6 Å². The molecule has 0 bridgehead atoms. The molecule has 3 aromatic rings. The van der Waals surface area contributed by atoms with Crippen molar-refractivity contribution in [2.45, 2.75) is 13.1 Å². The second-order valence-corrected chi connectivity index (χ2v) is 8.37. The van der Waals surface area contributed by atoms with E-state index in [1.54, 1.807) is 0 Å². The molecule has 0 aliphatic carbocycles. The van der Waals surface area contributed by atoms with E-state index in [-0.39, 0.29) is 6.35 Å². The van der Waals surface area contributed by atoms with Gasteiger partial charge in [-0.3, -0.25) is 0 Å². The van der Waals surface area contributed by atoms with Gasteiger partial charge in [-0.25, -0.2) is 0 Å². The Morgan fingerprint density at radius 3 is 2.08 bits per heavy atom. The minimum Gasteiger partial charge on any atom is -0.392 e. The standard InChI is InChI=1S/C20H17N2OP/c1-13-3-5-15-17(7-13)19(9-21)16-6-4-14(11-24(2)12-23)8-18(16)20(15)10-22/h3-8,23H,11-12H2,1-2H3. The maximum atomic E-state index is 9.72. The second-order valence-electron chi connectivity index (χ2n) is 6.06. The van der Waals surface area contributed by atoms with E-state index in [2.05, 4.69) is 18.8 Å². The van der Waals surface area contributed by atoms with Gasteiger partial charge in [0.25, 0.3) is 0 Å². The van der Waals surface area contributed by atoms with Crippen LogP contribution in [0.5, 0.6) is 0 Å². The van der Waals surface area contributed by atoms with Crippen molar-refractivity contribution < 1.29 is 5.11 Å². The zero-order chi connectivity index (χ0) is 17.3. The molecule has 4 heteroatoms. The van der Waals surface area contributed by atoms with E-state index in [4.69, 9.17) is 0 Å². The van der Waals surface area contributed by atoms with Crippen LogP contribution >= 0.6 is 7.92 Å². The molecule has 118 valence electrons. The van der Waals surface area contributed by atoms with E-state index in [0.717, 1.165) is 38.8 Å². The van der Waals surface area contributed by atoms with E-state index < -0.39 is 7.92 Å². The Hall–Kier alpha value is -2.45. The number of fused-ring (bicyclic) bond motifs is 2. The Bertz CT molecular complexity index is 1030. The lowest BCUT2D eigenvalue weighted by Gasteiger charge is -2.13. The summed E-state index contributed by atoms with van der Waals surface area (Å²) in [5.74, 6) is 0. The highest BCUT2D eigenvalue weighted by atomic mass is 31.1. The molecule has 3 aromatic carbocycles. The number of aliphatic hydroxyl groups is 1. The maximum absolute atomic E-state index is 9.72. The van der Waals surface area contributed by atoms with Crippen LogP contribution in [0.4, 0.5) is 0 Å². The molecule has 0 spiro atoms. The van der Waals surface area contributed by atoms with Gasteiger partial charge in [-0.05, 0) is 31.4 Å². The van der Waals surface area contributed by atoms with Gasteiger partial charge >= 0.3 is 0 Å². The summed E-state index contributed by atoms with van der Waals surface area (Å²) in [4.78, 5) is 0. The molecule has 0 radical (unpaired) electrons. The van der Waals surface area contributed by atoms with Crippen molar-refractivity contribution in [3.8, 4) is 12.1 Å². The fraction of sp³-hybridized carbons (Fsp3) is 0.200. The second kappa shape index (κ2) is 6.58. The molecule has 1 unspecified atom stereocenters. The molecule has 3 nitrogen and oxygen atoms in total. The van der Waals surface area contributed by atoms with Crippen LogP contribution in [-0.4, -0.2) is 18.1 Å². The predicted molar refractivity (Wildman–Crippen MR) is 99.3 cm³/mol. The number of hydrogen-bond donors (Lipinski definition) is 1. The lowest BCUT2D eigenvalue weighted by molar-refractivity contribution is 0.370. The molecule has 0 aliphatic heterocycles. The Balaban J connectivity index is 2.39. The number of rotatable bonds is 3. The number of aliphatic hydroxyl groups excluding tert-OH is 1. The first-order valence-corrected chi connectivity index (χ1v) is 9.83. The van der Waals surface area contributed by atoms with Crippen LogP contribution in [0.25, 0.3) is 21.5 Å². The van der Waals surface area contributed by atoms with Gasteiger partial charge in [-0.1, -0.05) is 43.8 Å². The first kappa shape index (κ1) is 16.4. The Morgan fingerprint density at radius 1 is 0.917 bits per heavy atom. The van der Waals surface area contributed by atoms with Gasteiger partial charge in [0.15, 0.2) is 0 Å². The average Bonchev–Trinajstić information content (AvgIpc) is 2.59. The normalized spacial score (nSPS) is 12.0. The van der Waals surface area contributed by atoms with Crippen molar-refractivity contribution >= 4 is 29.5 Å². The SMILES string of the molecule is Cc1ccc2c(C#N)c3cc(CP(C)CO)ccc3c(C#N)c2c1. The first-order valence-electron chi connectivity index (χ1n) is 7.67. The zero-order valence-corrected chi connectivity index (χ0v) is 14.6. The number of hydrogen-bond acceptors (Lipinski definition) is 3. The molecule has 1 atom stereocenters. The zero-order valence-electron chi connectivity index (χ0n) is 13.7. The third-order valence-corrected chi connectivity index (χ3v) is 5.64. The summed E-state index contributed by atoms with van der Waals surface area (Å²) in [6.07, 6.45) is 0.999. The summed E-state index contributed by atoms with van der Waals surface area (Å²) in [7, 11) is -0.466. The number of nitrogens with zero attached hydrogens (tertiary/aromatic N) is 2. The average molecular weight is 332 g/mol. The molecule has 0 aliphatic rings. The monoisotopic (exact) mass is 332 g/mol. The molecule has 0 amide bonds. The Kier molecular flexibility index (Phi) is 4.50. The molecule has 24 heavy (non-hydrogen) atoms. The third kappa shape index (κ3) is 2.74. The summed E-state index contributed by atoms with van der Waals surface area (Å²) in [6.45, 7) is 4.03. The summed E-state index contributed by atoms with van der Waals surface area (Å²) in [5, 5.41) is 32.0. The molecule has 0 heterocycles. The molecular weight excluding hydrogens is 315 g/mol. The fourth-order valence-corrected chi connectivity index (χ4v) is 4.01. The smallest absolute Gasteiger partial charge is 0.100 e. The third-order valence-electron chi connectivity index (χ3n) is 4.25. The predicted octanol–water partition coefficient (Wildman–Crippen LogP) is 4.61. The molecule has 0 saturated heterocycles. The van der Waals surface area contributed by atoms with Crippen LogP contribution < -0.4 is 0 Å². The highest BCUT2D eigenvalue weighted by molar-refractivity contribution is 7.55. The molecule has 0 aromatic heterocycles. The van der Waals surface area contributed by atoms with E-state index in [1.807, 2.05) is 43.3 Å². The molecule has 0 saturated carbocycles. The summed E-state index contributed by atoms with van der Waals surface area (Å²) in [5.41, 5.74) is 3.40. The van der Waals surface area contributed by atoms with Crippen LogP contribution in [0.15, 0.2) is 36.4 Å². The lowest BCUT2D eigenvalue weighted by atomic mass is 9.91. The highest BCUT2D eigenvalue weighted by Gasteiger charge is 2.15. The fourth-order valence-electron chi connectivity index (χ4n) is 3.09. The first-order chi connectivity index (χ1) is 11.6. The number of nitriles is 2. The van der Waals surface area contributed by atoms with Crippen LogP contribution in [0.1, 0.15) is 22.3 Å². The van der Waals surface area contributed by atoms with Crippen LogP contribution in [0.2, 0.25) is 0 Å². The van der Waals surface area contributed by atoms with Gasteiger partial charge in [-0.2, -0.15) is 10.5 Å². The van der Waals surface area contributed by atoms with Crippen molar-refractivity contribution in [2.75, 3.05) is 13.0 Å². The highest BCUT2D eigenvalue weighted by Crippen LogP contribution is 2.37. The van der Waals surface area contributed by atoms with E-state index in [0.29, 0.717) is 11.1 Å². The van der Waals surface area contributed by atoms with Gasteiger partial charge in [0.05, 0.1) is 17.5 Å².